The number of hydrogen-bond acceptors (Lipinski definition) is 7. The molecule has 0 N–H and O–H groups in total. The van der Waals surface area contributed by atoms with Crippen molar-refractivity contribution in [3.05, 3.63) is 70.4 Å². The molecule has 3 rings (SSSR count). The van der Waals surface area contributed by atoms with Crippen LogP contribution in [0.2, 0.25) is 0 Å². The predicted octanol–water partition coefficient (Wildman–Crippen LogP) is 4.26. The minimum Gasteiger partial charge on any atom is -0.406 e. The number of para-hydroxylation sites is 1. The molecule has 168 valence electrons. The third-order valence-electron chi connectivity index (χ3n) is 5.11. The Kier molecular flexibility index (Phi) is 6.73. The Hall–Kier alpha value is -3.53. The largest absolute Gasteiger partial charge is 0.406 e. The zero-order valence-electron chi connectivity index (χ0n) is 17.9. The van der Waals surface area contributed by atoms with Gasteiger partial charge in [-0.25, -0.2) is 8.42 Å². The Morgan fingerprint density at radius 2 is 1.69 bits per heavy atom. The maximum Gasteiger partial charge on any atom is 0.315 e. The minimum absolute atomic E-state index is 0.138. The van der Waals surface area contributed by atoms with Crippen LogP contribution in [0.1, 0.15) is 32.4 Å². The standard InChI is InChI=1S/C22H23N3O6S/c1-4-16(5-2)22(26)31-21-20(15(3)23-24(21)17-9-7-6-8-10-17)32(29,30)19-13-11-18(12-14-19)25(27)28/h6-14,16H,4-5H2,1-3H3. The van der Waals surface area contributed by atoms with Crippen molar-refractivity contribution < 1.29 is 22.9 Å². The van der Waals surface area contributed by atoms with Crippen molar-refractivity contribution in [2.45, 2.75) is 43.4 Å². The molecule has 0 aliphatic carbocycles. The van der Waals surface area contributed by atoms with Crippen LogP contribution in [0.15, 0.2) is 64.4 Å². The third kappa shape index (κ3) is 4.40. The van der Waals surface area contributed by atoms with Crippen LogP contribution in [-0.4, -0.2) is 29.1 Å². The van der Waals surface area contributed by atoms with E-state index in [4.69, 9.17) is 4.74 Å². The summed E-state index contributed by atoms with van der Waals surface area (Å²) in [4.78, 5) is 22.7. The second-order valence-electron chi connectivity index (χ2n) is 7.16. The summed E-state index contributed by atoms with van der Waals surface area (Å²) in [5, 5.41) is 15.3. The molecule has 0 bridgehead atoms. The molecular formula is C22H23N3O6S. The first-order valence-corrected chi connectivity index (χ1v) is 11.5. The van der Waals surface area contributed by atoms with Gasteiger partial charge < -0.3 is 4.74 Å². The van der Waals surface area contributed by atoms with Gasteiger partial charge in [0.25, 0.3) is 5.69 Å². The van der Waals surface area contributed by atoms with Crippen LogP contribution in [0.4, 0.5) is 5.69 Å². The van der Waals surface area contributed by atoms with E-state index in [9.17, 15) is 23.3 Å². The van der Waals surface area contributed by atoms with Gasteiger partial charge in [0.15, 0.2) is 4.90 Å². The summed E-state index contributed by atoms with van der Waals surface area (Å²) in [5.74, 6) is -1.15. The van der Waals surface area contributed by atoms with E-state index in [1.807, 2.05) is 13.8 Å². The second-order valence-corrected chi connectivity index (χ2v) is 9.04. The number of nitro benzene ring substituents is 1. The molecule has 0 unspecified atom stereocenters. The van der Waals surface area contributed by atoms with Crippen LogP contribution >= 0.6 is 0 Å². The molecule has 1 heterocycles. The SMILES string of the molecule is CCC(CC)C(=O)Oc1c(S(=O)(=O)c2ccc([N+](=O)[O-])cc2)c(C)nn1-c1ccccc1. The number of sulfone groups is 1. The first-order chi connectivity index (χ1) is 15.2. The lowest BCUT2D eigenvalue weighted by Gasteiger charge is -2.14. The lowest BCUT2D eigenvalue weighted by atomic mass is 10.0. The van der Waals surface area contributed by atoms with E-state index in [1.165, 1.54) is 11.6 Å². The van der Waals surface area contributed by atoms with Gasteiger partial charge in [0, 0.05) is 12.1 Å². The monoisotopic (exact) mass is 457 g/mol. The Morgan fingerprint density at radius 1 is 1.09 bits per heavy atom. The fourth-order valence-corrected chi connectivity index (χ4v) is 4.82. The highest BCUT2D eigenvalue weighted by molar-refractivity contribution is 7.91. The number of nitro groups is 1. The Balaban J connectivity index is 2.19. The number of carbonyl (C=O) groups excluding carboxylic acids is 1. The number of rotatable bonds is 8. The zero-order valence-corrected chi connectivity index (χ0v) is 18.7. The molecule has 0 amide bonds. The fourth-order valence-electron chi connectivity index (χ4n) is 3.30. The van der Waals surface area contributed by atoms with E-state index >= 15 is 0 Å². The van der Waals surface area contributed by atoms with Crippen molar-refractivity contribution in [1.29, 1.82) is 0 Å². The number of non-ortho nitro benzene ring substituents is 1. The van der Waals surface area contributed by atoms with Crippen molar-refractivity contribution in [2.75, 3.05) is 0 Å². The van der Waals surface area contributed by atoms with Gasteiger partial charge in [-0.1, -0.05) is 32.0 Å². The Bertz CT molecular complexity index is 1230. The van der Waals surface area contributed by atoms with Gasteiger partial charge in [-0.3, -0.25) is 14.9 Å². The maximum absolute atomic E-state index is 13.5. The third-order valence-corrected chi connectivity index (χ3v) is 7.01. The summed E-state index contributed by atoms with van der Waals surface area (Å²) < 4.78 is 33.9. The molecule has 1 aromatic heterocycles. The topological polar surface area (TPSA) is 121 Å². The highest BCUT2D eigenvalue weighted by Gasteiger charge is 2.33. The number of carbonyl (C=O) groups is 1. The molecule has 3 aromatic rings. The maximum atomic E-state index is 13.5. The summed E-state index contributed by atoms with van der Waals surface area (Å²) in [5.41, 5.74) is 0.425. The number of ether oxygens (including phenoxy) is 1. The molecule has 0 spiro atoms. The van der Waals surface area contributed by atoms with E-state index < -0.39 is 26.6 Å². The fraction of sp³-hybridized carbons (Fsp3) is 0.273. The first-order valence-electron chi connectivity index (χ1n) is 10.1. The normalized spacial score (nSPS) is 11.5. The number of aromatic nitrogens is 2. The quantitative estimate of drug-likeness (QED) is 0.281. The van der Waals surface area contributed by atoms with Gasteiger partial charge in [-0.05, 0) is 44.0 Å². The van der Waals surface area contributed by atoms with Crippen molar-refractivity contribution in [3.63, 3.8) is 0 Å². The summed E-state index contributed by atoms with van der Waals surface area (Å²) in [6.07, 6.45) is 1.08. The van der Waals surface area contributed by atoms with E-state index in [0.717, 1.165) is 24.3 Å². The highest BCUT2D eigenvalue weighted by atomic mass is 32.2. The number of nitrogens with zero attached hydrogens (tertiary/aromatic N) is 3. The van der Waals surface area contributed by atoms with Crippen LogP contribution in [0.5, 0.6) is 5.88 Å². The summed E-state index contributed by atoms with van der Waals surface area (Å²) >= 11 is 0. The van der Waals surface area contributed by atoms with Crippen LogP contribution < -0.4 is 4.74 Å². The molecule has 0 fully saturated rings. The van der Waals surface area contributed by atoms with Crippen molar-refractivity contribution in [3.8, 4) is 11.6 Å². The molecule has 2 aromatic carbocycles. The average Bonchev–Trinajstić information content (AvgIpc) is 3.11. The first kappa shape index (κ1) is 23.1. The molecular weight excluding hydrogens is 434 g/mol. The molecule has 32 heavy (non-hydrogen) atoms. The second kappa shape index (κ2) is 9.31. The minimum atomic E-state index is -4.20. The van der Waals surface area contributed by atoms with E-state index in [0.29, 0.717) is 18.5 Å². The van der Waals surface area contributed by atoms with E-state index in [2.05, 4.69) is 5.10 Å². The van der Waals surface area contributed by atoms with E-state index in [-0.39, 0.29) is 27.1 Å². The van der Waals surface area contributed by atoms with Crippen molar-refractivity contribution in [1.82, 2.24) is 9.78 Å². The summed E-state index contributed by atoms with van der Waals surface area (Å²) in [7, 11) is -4.20. The molecule has 0 saturated heterocycles. The van der Waals surface area contributed by atoms with Crippen LogP contribution in [0.3, 0.4) is 0 Å². The molecule has 9 nitrogen and oxygen atoms in total. The smallest absolute Gasteiger partial charge is 0.315 e. The van der Waals surface area contributed by atoms with Crippen LogP contribution in [0, 0.1) is 23.0 Å². The van der Waals surface area contributed by atoms with Gasteiger partial charge >= 0.3 is 5.97 Å². The van der Waals surface area contributed by atoms with Gasteiger partial charge in [0.2, 0.25) is 15.7 Å². The molecule has 0 atom stereocenters. The summed E-state index contributed by atoms with van der Waals surface area (Å²) in [6.45, 7) is 5.21. The molecule has 10 heteroatoms. The Labute approximate surface area is 185 Å². The van der Waals surface area contributed by atoms with Gasteiger partial charge in [0.05, 0.1) is 27.1 Å². The zero-order chi connectivity index (χ0) is 23.5. The van der Waals surface area contributed by atoms with Crippen molar-refractivity contribution in [2.24, 2.45) is 5.92 Å². The lowest BCUT2D eigenvalue weighted by molar-refractivity contribution is -0.384. The molecule has 0 aliphatic heterocycles. The predicted molar refractivity (Wildman–Crippen MR) is 117 cm³/mol. The molecule has 0 radical (unpaired) electrons. The van der Waals surface area contributed by atoms with Crippen LogP contribution in [0.25, 0.3) is 5.69 Å². The van der Waals surface area contributed by atoms with Gasteiger partial charge in [-0.15, -0.1) is 0 Å². The highest BCUT2D eigenvalue weighted by Crippen LogP contribution is 2.35. The van der Waals surface area contributed by atoms with Gasteiger partial charge in [0.1, 0.15) is 0 Å². The number of benzene rings is 2. The number of aryl methyl sites for hydroxylation is 1. The van der Waals surface area contributed by atoms with Crippen LogP contribution in [-0.2, 0) is 14.6 Å². The molecule has 0 aliphatic rings. The average molecular weight is 458 g/mol. The lowest BCUT2D eigenvalue weighted by Crippen LogP contribution is -2.21. The van der Waals surface area contributed by atoms with Crippen molar-refractivity contribution >= 4 is 21.5 Å². The Morgan fingerprint density at radius 3 is 2.22 bits per heavy atom. The summed E-state index contributed by atoms with van der Waals surface area (Å²) in [6, 6.07) is 13.3. The number of hydrogen-bond donors (Lipinski definition) is 0. The van der Waals surface area contributed by atoms with Gasteiger partial charge in [-0.2, -0.15) is 9.78 Å². The number of esters is 1. The molecule has 0 saturated carbocycles. The van der Waals surface area contributed by atoms with E-state index in [1.54, 1.807) is 30.3 Å².